The Kier molecular flexibility index (Phi) is 8.87. The monoisotopic (exact) mass is 550 g/mol. The first-order valence-electron chi connectivity index (χ1n) is 12.8. The summed E-state index contributed by atoms with van der Waals surface area (Å²) >= 11 is 0. The van der Waals surface area contributed by atoms with Gasteiger partial charge in [0.05, 0.1) is 11.8 Å². The van der Waals surface area contributed by atoms with Crippen LogP contribution in [0.4, 0.5) is 18.9 Å². The van der Waals surface area contributed by atoms with Gasteiger partial charge >= 0.3 is 6.18 Å². The standard InChI is InChI=1S/C30H31F3N6O.H2/c1-5-38(16-15-37(3)4)20-24-10-12-25(18-27(24)30(31,32)33)36-29(40)23-9-8-21(2)22(17-23)11-13-26-19-34-28-7-6-14-35-39(26)28;/h6-10,12,14,17-19H,5,15-16,20H2,1-4H3,(H,36,40);1H. The predicted octanol–water partition coefficient (Wildman–Crippen LogP) is 5.34. The number of rotatable bonds is 8. The van der Waals surface area contributed by atoms with E-state index in [1.807, 2.05) is 43.8 Å². The third kappa shape index (κ3) is 7.05. The highest BCUT2D eigenvalue weighted by atomic mass is 19.4. The van der Waals surface area contributed by atoms with Crippen LogP contribution in [-0.2, 0) is 12.7 Å². The highest BCUT2D eigenvalue weighted by Crippen LogP contribution is 2.34. The molecule has 2 heterocycles. The van der Waals surface area contributed by atoms with E-state index in [0.29, 0.717) is 30.0 Å². The number of hydrogen-bond donors (Lipinski definition) is 1. The number of fused-ring (bicyclic) bond motifs is 1. The second kappa shape index (κ2) is 12.3. The number of halogens is 3. The summed E-state index contributed by atoms with van der Waals surface area (Å²) in [5, 5.41) is 6.85. The second-order valence-electron chi connectivity index (χ2n) is 9.71. The molecule has 0 aliphatic carbocycles. The Labute approximate surface area is 233 Å². The molecule has 1 N–H and O–H groups in total. The van der Waals surface area contributed by atoms with E-state index in [4.69, 9.17) is 0 Å². The number of carbonyl (C=O) groups is 1. The predicted molar refractivity (Wildman–Crippen MR) is 151 cm³/mol. The van der Waals surface area contributed by atoms with Crippen molar-refractivity contribution in [1.82, 2.24) is 24.4 Å². The number of imidazole rings is 1. The first-order valence-corrected chi connectivity index (χ1v) is 12.8. The van der Waals surface area contributed by atoms with Gasteiger partial charge in [0.25, 0.3) is 5.91 Å². The van der Waals surface area contributed by atoms with E-state index in [0.717, 1.165) is 18.2 Å². The van der Waals surface area contributed by atoms with Gasteiger partial charge in [0.1, 0.15) is 5.69 Å². The van der Waals surface area contributed by atoms with Crippen molar-refractivity contribution >= 4 is 17.2 Å². The van der Waals surface area contributed by atoms with Crippen molar-refractivity contribution in [1.29, 1.82) is 0 Å². The zero-order chi connectivity index (χ0) is 28.9. The molecule has 210 valence electrons. The summed E-state index contributed by atoms with van der Waals surface area (Å²) in [6.07, 6.45) is -1.31. The van der Waals surface area contributed by atoms with Gasteiger partial charge in [-0.1, -0.05) is 25.0 Å². The van der Waals surface area contributed by atoms with Crippen LogP contribution in [0, 0.1) is 18.8 Å². The van der Waals surface area contributed by atoms with Crippen LogP contribution in [0.15, 0.2) is 60.9 Å². The lowest BCUT2D eigenvalue weighted by Gasteiger charge is -2.24. The normalized spacial score (nSPS) is 11.6. The fraction of sp³-hybridized carbons (Fsp3) is 0.300. The minimum absolute atomic E-state index is 0. The van der Waals surface area contributed by atoms with Crippen LogP contribution in [0.2, 0.25) is 0 Å². The van der Waals surface area contributed by atoms with Crippen LogP contribution in [0.3, 0.4) is 0 Å². The van der Waals surface area contributed by atoms with Gasteiger partial charge in [0.2, 0.25) is 0 Å². The van der Waals surface area contributed by atoms with Gasteiger partial charge in [-0.15, -0.1) is 0 Å². The lowest BCUT2D eigenvalue weighted by molar-refractivity contribution is -0.138. The Balaban J connectivity index is 0.00000462. The van der Waals surface area contributed by atoms with Gasteiger partial charge < -0.3 is 10.2 Å². The maximum Gasteiger partial charge on any atom is 0.416 e. The molecule has 4 aromatic rings. The zero-order valence-corrected chi connectivity index (χ0v) is 22.9. The van der Waals surface area contributed by atoms with Crippen LogP contribution < -0.4 is 5.32 Å². The lowest BCUT2D eigenvalue weighted by Crippen LogP contribution is -2.32. The van der Waals surface area contributed by atoms with Gasteiger partial charge in [0.15, 0.2) is 5.65 Å². The SMILES string of the molecule is CCN(CCN(C)C)Cc1ccc(NC(=O)c2ccc(C)c(C#Cc3cnc4cccnn34)c2)cc1C(F)(F)F.[HH]. The quantitative estimate of drug-likeness (QED) is 0.300. The molecule has 0 fully saturated rings. The molecular weight excluding hydrogens is 517 g/mol. The molecule has 10 heteroatoms. The fourth-order valence-electron chi connectivity index (χ4n) is 4.13. The van der Waals surface area contributed by atoms with E-state index in [1.165, 1.54) is 12.1 Å². The average Bonchev–Trinajstić information content (AvgIpc) is 3.33. The molecule has 0 saturated heterocycles. The van der Waals surface area contributed by atoms with Crippen LogP contribution in [-0.4, -0.2) is 64.0 Å². The van der Waals surface area contributed by atoms with Gasteiger partial charge in [-0.25, -0.2) is 9.50 Å². The molecule has 0 spiro atoms. The summed E-state index contributed by atoms with van der Waals surface area (Å²) in [6, 6.07) is 12.5. The van der Waals surface area contributed by atoms with Gasteiger partial charge in [-0.2, -0.15) is 18.3 Å². The molecule has 0 radical (unpaired) electrons. The van der Waals surface area contributed by atoms with Crippen LogP contribution >= 0.6 is 0 Å². The Hall–Kier alpha value is -4.20. The topological polar surface area (TPSA) is 65.8 Å². The molecule has 0 bridgehead atoms. The highest BCUT2D eigenvalue weighted by molar-refractivity contribution is 6.04. The number of nitrogens with zero attached hydrogens (tertiary/aromatic N) is 5. The van der Waals surface area contributed by atoms with Crippen molar-refractivity contribution < 1.29 is 19.4 Å². The Morgan fingerprint density at radius 1 is 1.10 bits per heavy atom. The number of carbonyl (C=O) groups excluding carboxylic acids is 1. The first-order chi connectivity index (χ1) is 19.0. The number of hydrogen-bond acceptors (Lipinski definition) is 5. The molecule has 4 rings (SSSR count). The molecule has 0 aliphatic heterocycles. The molecule has 0 saturated carbocycles. The Bertz CT molecular complexity index is 1570. The number of aromatic nitrogens is 3. The molecule has 7 nitrogen and oxygen atoms in total. The Morgan fingerprint density at radius 3 is 2.62 bits per heavy atom. The molecule has 2 aromatic heterocycles. The van der Waals surface area contributed by atoms with Crippen molar-refractivity contribution in [3.05, 3.63) is 94.4 Å². The molecule has 1 amide bonds. The largest absolute Gasteiger partial charge is 0.416 e. The van der Waals surface area contributed by atoms with Crippen molar-refractivity contribution in [2.24, 2.45) is 0 Å². The zero-order valence-electron chi connectivity index (χ0n) is 22.9. The molecule has 0 unspecified atom stereocenters. The molecule has 40 heavy (non-hydrogen) atoms. The molecule has 0 atom stereocenters. The number of likely N-dealkylation sites (N-methyl/N-ethyl adjacent to an activating group) is 2. The molecule has 0 aliphatic rings. The average molecular weight is 551 g/mol. The first kappa shape index (κ1) is 28.8. The van der Waals surface area contributed by atoms with Gasteiger partial charge in [-0.3, -0.25) is 9.69 Å². The summed E-state index contributed by atoms with van der Waals surface area (Å²) in [5.74, 6) is 5.56. The number of benzene rings is 2. The third-order valence-electron chi connectivity index (χ3n) is 6.48. The maximum absolute atomic E-state index is 14.0. The third-order valence-corrected chi connectivity index (χ3v) is 6.48. The smallest absolute Gasteiger partial charge is 0.322 e. The van der Waals surface area contributed by atoms with Crippen molar-refractivity contribution in [2.75, 3.05) is 39.0 Å². The summed E-state index contributed by atoms with van der Waals surface area (Å²) < 4.78 is 43.6. The number of aryl methyl sites for hydroxylation is 1. The fourth-order valence-corrected chi connectivity index (χ4v) is 4.13. The van der Waals surface area contributed by atoms with Crippen molar-refractivity contribution in [2.45, 2.75) is 26.6 Å². The van der Waals surface area contributed by atoms with Crippen LogP contribution in [0.5, 0.6) is 0 Å². The summed E-state index contributed by atoms with van der Waals surface area (Å²) in [6.45, 7) is 5.95. The summed E-state index contributed by atoms with van der Waals surface area (Å²) in [7, 11) is 3.85. The van der Waals surface area contributed by atoms with E-state index < -0.39 is 17.6 Å². The van der Waals surface area contributed by atoms with E-state index in [9.17, 15) is 18.0 Å². The second-order valence-corrected chi connectivity index (χ2v) is 9.71. The van der Waals surface area contributed by atoms with E-state index in [2.05, 4.69) is 27.2 Å². The molecular formula is C30H33F3N6O. The van der Waals surface area contributed by atoms with E-state index in [-0.39, 0.29) is 24.8 Å². The summed E-state index contributed by atoms with van der Waals surface area (Å²) in [4.78, 5) is 21.2. The Morgan fingerprint density at radius 2 is 1.90 bits per heavy atom. The minimum atomic E-state index is -4.56. The van der Waals surface area contributed by atoms with Crippen LogP contribution in [0.25, 0.3) is 5.65 Å². The van der Waals surface area contributed by atoms with E-state index in [1.54, 1.807) is 41.2 Å². The molecule has 2 aromatic carbocycles. The van der Waals surface area contributed by atoms with Crippen LogP contribution in [0.1, 0.15) is 46.7 Å². The van der Waals surface area contributed by atoms with Crippen molar-refractivity contribution in [3.63, 3.8) is 0 Å². The minimum Gasteiger partial charge on any atom is -0.322 e. The maximum atomic E-state index is 14.0. The number of alkyl halides is 3. The number of nitrogens with one attached hydrogen (secondary N) is 1. The van der Waals surface area contributed by atoms with Gasteiger partial charge in [0, 0.05) is 44.1 Å². The van der Waals surface area contributed by atoms with Crippen molar-refractivity contribution in [3.8, 4) is 11.8 Å². The number of anilines is 1. The van der Waals surface area contributed by atoms with Gasteiger partial charge in [-0.05, 0) is 81.0 Å². The lowest BCUT2D eigenvalue weighted by atomic mass is 10.0. The highest BCUT2D eigenvalue weighted by Gasteiger charge is 2.34. The number of amides is 1. The summed E-state index contributed by atoms with van der Waals surface area (Å²) in [5.41, 5.74) is 2.48. The van der Waals surface area contributed by atoms with E-state index >= 15 is 0 Å².